The average Bonchev–Trinajstić information content (AvgIpc) is 3.02. The molecule has 2 N–H and O–H groups in total. The zero-order valence-corrected chi connectivity index (χ0v) is 11.6. The highest BCUT2D eigenvalue weighted by Gasteiger charge is 2.23. The number of ether oxygens (including phenoxy) is 2. The normalized spacial score (nSPS) is 12.5. The molecule has 1 aliphatic rings. The molecule has 0 saturated heterocycles. The van der Waals surface area contributed by atoms with Crippen molar-refractivity contribution in [2.75, 3.05) is 12.1 Å². The van der Waals surface area contributed by atoms with Crippen molar-refractivity contribution in [2.24, 2.45) is 0 Å². The van der Waals surface area contributed by atoms with Crippen LogP contribution < -0.4 is 14.8 Å². The first-order valence-corrected chi connectivity index (χ1v) is 6.38. The second kappa shape index (κ2) is 4.97. The lowest BCUT2D eigenvalue weighted by Gasteiger charge is -2.08. The fraction of sp³-hybridized carbons (Fsp3) is 0.308. The first kappa shape index (κ1) is 13.2. The van der Waals surface area contributed by atoms with Gasteiger partial charge in [0.15, 0.2) is 11.5 Å². The maximum Gasteiger partial charge on any atom is 0.296 e. The maximum atomic E-state index is 11.2. The van der Waals surface area contributed by atoms with E-state index in [0.29, 0.717) is 23.7 Å². The van der Waals surface area contributed by atoms with Gasteiger partial charge in [-0.25, -0.2) is 0 Å². The Morgan fingerprint density at radius 3 is 2.71 bits per heavy atom. The molecule has 0 amide bonds. The third kappa shape index (κ3) is 2.35. The van der Waals surface area contributed by atoms with Crippen LogP contribution in [0.2, 0.25) is 0 Å². The van der Waals surface area contributed by atoms with Gasteiger partial charge >= 0.3 is 0 Å². The number of hydrogen-bond donors (Lipinski definition) is 2. The number of anilines is 1. The van der Waals surface area contributed by atoms with Gasteiger partial charge < -0.3 is 14.8 Å². The van der Waals surface area contributed by atoms with Crippen molar-refractivity contribution in [1.29, 1.82) is 0 Å². The number of aromatic nitrogens is 2. The van der Waals surface area contributed by atoms with Gasteiger partial charge in [0, 0.05) is 23.9 Å². The number of aromatic amines is 1. The molecule has 2 heterocycles. The number of hydrogen-bond acceptors (Lipinski definition) is 6. The van der Waals surface area contributed by atoms with E-state index in [9.17, 15) is 10.1 Å². The monoisotopic (exact) mass is 290 g/mol. The third-order valence-electron chi connectivity index (χ3n) is 3.42. The molecule has 2 aromatic rings. The van der Waals surface area contributed by atoms with Crippen LogP contribution in [0.3, 0.4) is 0 Å². The number of nitro benzene ring substituents is 1. The summed E-state index contributed by atoms with van der Waals surface area (Å²) in [5, 5.41) is 21.2. The van der Waals surface area contributed by atoms with Gasteiger partial charge in [-0.05, 0) is 13.8 Å². The highest BCUT2D eigenvalue weighted by atomic mass is 16.7. The molecule has 1 aliphatic heterocycles. The van der Waals surface area contributed by atoms with Gasteiger partial charge in [-0.2, -0.15) is 5.10 Å². The molecule has 0 saturated carbocycles. The van der Waals surface area contributed by atoms with Gasteiger partial charge in [0.1, 0.15) is 5.69 Å². The van der Waals surface area contributed by atoms with E-state index < -0.39 is 4.92 Å². The molecule has 1 aromatic carbocycles. The van der Waals surface area contributed by atoms with Crippen molar-refractivity contribution in [2.45, 2.75) is 20.4 Å². The summed E-state index contributed by atoms with van der Waals surface area (Å²) in [6.45, 7) is 4.31. The molecule has 0 bridgehead atoms. The molecule has 8 heteroatoms. The molecule has 0 radical (unpaired) electrons. The minimum absolute atomic E-state index is 0.0435. The fourth-order valence-corrected chi connectivity index (χ4v) is 2.24. The molecule has 0 fully saturated rings. The van der Waals surface area contributed by atoms with E-state index in [-0.39, 0.29) is 12.5 Å². The molecular formula is C13H14N4O4. The minimum Gasteiger partial charge on any atom is -0.454 e. The van der Waals surface area contributed by atoms with E-state index in [1.165, 1.54) is 6.07 Å². The second-order valence-corrected chi connectivity index (χ2v) is 4.75. The lowest BCUT2D eigenvalue weighted by Crippen LogP contribution is -2.04. The Hall–Kier alpha value is -2.77. The summed E-state index contributed by atoms with van der Waals surface area (Å²) in [6.07, 6.45) is 0. The third-order valence-corrected chi connectivity index (χ3v) is 3.42. The highest BCUT2D eigenvalue weighted by Crippen LogP contribution is 2.40. The number of nitrogens with one attached hydrogen (secondary N) is 2. The predicted molar refractivity (Wildman–Crippen MR) is 74.6 cm³/mol. The lowest BCUT2D eigenvalue weighted by atomic mass is 10.2. The molecule has 3 rings (SSSR count). The molecule has 0 unspecified atom stereocenters. The van der Waals surface area contributed by atoms with Gasteiger partial charge in [-0.1, -0.05) is 0 Å². The number of benzene rings is 1. The minimum atomic E-state index is -0.445. The smallest absolute Gasteiger partial charge is 0.296 e. The summed E-state index contributed by atoms with van der Waals surface area (Å²) in [4.78, 5) is 10.7. The molecular weight excluding hydrogens is 276 g/mol. The second-order valence-electron chi connectivity index (χ2n) is 4.75. The first-order valence-electron chi connectivity index (χ1n) is 6.38. The number of nitro groups is 1. The molecule has 1 aromatic heterocycles. The van der Waals surface area contributed by atoms with Crippen molar-refractivity contribution in [3.8, 4) is 11.5 Å². The van der Waals surface area contributed by atoms with E-state index >= 15 is 0 Å². The molecule has 0 atom stereocenters. The van der Waals surface area contributed by atoms with Crippen LogP contribution in [0.15, 0.2) is 12.1 Å². The van der Waals surface area contributed by atoms with Crippen LogP contribution >= 0.6 is 0 Å². The lowest BCUT2D eigenvalue weighted by molar-refractivity contribution is -0.384. The van der Waals surface area contributed by atoms with E-state index in [1.807, 2.05) is 13.8 Å². The SMILES string of the molecule is Cc1n[nH]c(C)c1CNc1cc2c(cc1[N+](=O)[O-])OCO2. The summed E-state index contributed by atoms with van der Waals surface area (Å²) in [6, 6.07) is 2.96. The number of aryl methyl sites for hydroxylation is 2. The Morgan fingerprint density at radius 1 is 1.38 bits per heavy atom. The van der Waals surface area contributed by atoms with Crippen molar-refractivity contribution < 1.29 is 14.4 Å². The summed E-state index contributed by atoms with van der Waals surface area (Å²) < 4.78 is 10.4. The van der Waals surface area contributed by atoms with Crippen LogP contribution in [0.4, 0.5) is 11.4 Å². The Kier molecular flexibility index (Phi) is 3.13. The molecule has 110 valence electrons. The molecule has 0 aliphatic carbocycles. The molecule has 8 nitrogen and oxygen atoms in total. The van der Waals surface area contributed by atoms with Gasteiger partial charge in [-0.15, -0.1) is 0 Å². The van der Waals surface area contributed by atoms with E-state index in [1.54, 1.807) is 6.07 Å². The first-order chi connectivity index (χ1) is 10.1. The van der Waals surface area contributed by atoms with Gasteiger partial charge in [0.05, 0.1) is 16.7 Å². The van der Waals surface area contributed by atoms with E-state index in [0.717, 1.165) is 17.0 Å². The Morgan fingerprint density at radius 2 is 2.10 bits per heavy atom. The van der Waals surface area contributed by atoms with Crippen LogP contribution in [0.5, 0.6) is 11.5 Å². The quantitative estimate of drug-likeness (QED) is 0.661. The summed E-state index contributed by atoms with van der Waals surface area (Å²) >= 11 is 0. The van der Waals surface area contributed by atoms with E-state index in [2.05, 4.69) is 15.5 Å². The van der Waals surface area contributed by atoms with Gasteiger partial charge in [0.2, 0.25) is 6.79 Å². The maximum absolute atomic E-state index is 11.2. The fourth-order valence-electron chi connectivity index (χ4n) is 2.24. The Bertz CT molecular complexity index is 691. The summed E-state index contributed by atoms with van der Waals surface area (Å²) in [7, 11) is 0. The van der Waals surface area contributed by atoms with Crippen molar-refractivity contribution in [3.63, 3.8) is 0 Å². The zero-order valence-electron chi connectivity index (χ0n) is 11.6. The Balaban J connectivity index is 1.89. The predicted octanol–water partition coefficient (Wildman–Crippen LogP) is 2.28. The summed E-state index contributed by atoms with van der Waals surface area (Å²) in [5.41, 5.74) is 3.14. The van der Waals surface area contributed by atoms with Crippen molar-refractivity contribution >= 4 is 11.4 Å². The van der Waals surface area contributed by atoms with Crippen LogP contribution in [0.1, 0.15) is 17.0 Å². The summed E-state index contributed by atoms with van der Waals surface area (Å²) in [5.74, 6) is 0.895. The van der Waals surface area contributed by atoms with Gasteiger partial charge in [-0.3, -0.25) is 15.2 Å². The van der Waals surface area contributed by atoms with Crippen LogP contribution in [-0.2, 0) is 6.54 Å². The number of fused-ring (bicyclic) bond motifs is 1. The van der Waals surface area contributed by atoms with Crippen LogP contribution in [-0.4, -0.2) is 21.9 Å². The zero-order chi connectivity index (χ0) is 15.0. The van der Waals surface area contributed by atoms with Gasteiger partial charge in [0.25, 0.3) is 5.69 Å². The highest BCUT2D eigenvalue weighted by molar-refractivity contribution is 5.69. The topological polar surface area (TPSA) is 102 Å². The molecule has 0 spiro atoms. The van der Waals surface area contributed by atoms with Crippen molar-refractivity contribution in [3.05, 3.63) is 39.2 Å². The number of nitrogens with zero attached hydrogens (tertiary/aromatic N) is 2. The van der Waals surface area contributed by atoms with Crippen LogP contribution in [0.25, 0.3) is 0 Å². The average molecular weight is 290 g/mol. The van der Waals surface area contributed by atoms with E-state index in [4.69, 9.17) is 9.47 Å². The standard InChI is InChI=1S/C13H14N4O4/c1-7-9(8(2)16-15-7)5-14-10-3-12-13(21-6-20-12)4-11(10)17(18)19/h3-4,14H,5-6H2,1-2H3,(H,15,16). The number of H-pyrrole nitrogens is 1. The largest absolute Gasteiger partial charge is 0.454 e. The Labute approximate surface area is 120 Å². The van der Waals surface area contributed by atoms with Crippen LogP contribution in [0, 0.1) is 24.0 Å². The molecule has 21 heavy (non-hydrogen) atoms. The number of rotatable bonds is 4. The van der Waals surface area contributed by atoms with Crippen molar-refractivity contribution in [1.82, 2.24) is 10.2 Å².